The first-order chi connectivity index (χ1) is 30.6. The number of benzene rings is 8. The summed E-state index contributed by atoms with van der Waals surface area (Å²) in [5.41, 5.74) is 6.36. The van der Waals surface area contributed by atoms with E-state index in [2.05, 4.69) is 0 Å². The summed E-state index contributed by atoms with van der Waals surface area (Å²) in [7, 11) is 0. The molecular weight excluding hydrogens is 823 g/mol. The third-order valence-electron chi connectivity index (χ3n) is 11.8. The van der Waals surface area contributed by atoms with Gasteiger partial charge in [0.2, 0.25) is 0 Å². The number of aryl methyl sites for hydroxylation is 2. The number of carbonyl (C=O) groups is 2. The fourth-order valence-electron chi connectivity index (χ4n) is 8.93. The van der Waals surface area contributed by atoms with Gasteiger partial charge in [0.25, 0.3) is 11.8 Å². The van der Waals surface area contributed by atoms with Crippen LogP contribution < -0.4 is 4.90 Å². The third-order valence-corrected chi connectivity index (χ3v) is 11.8. The van der Waals surface area contributed by atoms with Gasteiger partial charge in [-0.15, -0.1) is 0 Å². The van der Waals surface area contributed by atoms with Crippen molar-refractivity contribution < 1.29 is 35.9 Å². The van der Waals surface area contributed by atoms with Crippen LogP contribution >= 0.6 is 0 Å². The number of rotatable bonds is 6. The maximum atomic E-state index is 15.0. The van der Waals surface area contributed by atoms with Crippen molar-refractivity contribution in [2.45, 2.75) is 26.2 Å². The molecule has 1 aliphatic rings. The number of hydrogen-bond donors (Lipinski definition) is 0. The van der Waals surface area contributed by atoms with Gasteiger partial charge in [-0.2, -0.15) is 26.3 Å². The minimum Gasteiger partial charge on any atom is -0.308 e. The zero-order valence-corrected chi connectivity index (χ0v) is 34.1. The number of halogens is 6. The molecule has 1 aliphatic heterocycles. The zero-order chi connectivity index (χ0) is 44.7. The van der Waals surface area contributed by atoms with Crippen LogP contribution in [0.15, 0.2) is 170 Å². The first-order valence-electron chi connectivity index (χ1n) is 20.4. The van der Waals surface area contributed by atoms with E-state index in [4.69, 9.17) is 0 Å². The van der Waals surface area contributed by atoms with Crippen LogP contribution in [0.25, 0.3) is 72.0 Å². The second-order valence-corrected chi connectivity index (χ2v) is 16.1. The molecule has 0 saturated carbocycles. The SMILES string of the molecule is Cc1cc(-c2ccc3c(c2)c2cc(-c4cc(C)cc(C(F)(F)F)c4)ccc2n3-c2cccc3c2C(=O)N(c2ccc(-c4ccccc4)cc2-c2ccccc2)C3=O)cc(C(F)(F)F)c1. The molecular formula is C54H34F6N2O2. The van der Waals surface area contributed by atoms with E-state index in [9.17, 15) is 31.1 Å². The first-order valence-corrected chi connectivity index (χ1v) is 20.4. The van der Waals surface area contributed by atoms with Gasteiger partial charge in [-0.3, -0.25) is 9.59 Å². The number of aromatic nitrogens is 1. The molecule has 4 nitrogen and oxygen atoms in total. The highest BCUT2D eigenvalue weighted by Gasteiger charge is 2.41. The Labute approximate surface area is 363 Å². The van der Waals surface area contributed by atoms with Gasteiger partial charge in [-0.25, -0.2) is 4.90 Å². The van der Waals surface area contributed by atoms with Crippen LogP contribution in [0.2, 0.25) is 0 Å². The Hall–Kier alpha value is -7.72. The molecule has 0 atom stereocenters. The number of alkyl halides is 6. The van der Waals surface area contributed by atoms with E-state index in [0.717, 1.165) is 41.0 Å². The Morgan fingerprint density at radius 2 is 0.891 bits per heavy atom. The topological polar surface area (TPSA) is 42.3 Å². The van der Waals surface area contributed by atoms with E-state index < -0.39 is 35.3 Å². The summed E-state index contributed by atoms with van der Waals surface area (Å²) in [6.45, 7) is 3.18. The summed E-state index contributed by atoms with van der Waals surface area (Å²) in [6.07, 6.45) is -9.17. The van der Waals surface area contributed by atoms with E-state index in [0.29, 0.717) is 72.1 Å². The van der Waals surface area contributed by atoms with Crippen molar-refractivity contribution in [3.63, 3.8) is 0 Å². The van der Waals surface area contributed by atoms with Gasteiger partial charge in [0, 0.05) is 16.3 Å². The smallest absolute Gasteiger partial charge is 0.308 e. The minimum absolute atomic E-state index is 0.146. The summed E-state index contributed by atoms with van der Waals surface area (Å²) in [4.78, 5) is 30.8. The summed E-state index contributed by atoms with van der Waals surface area (Å²) in [6, 6.07) is 48.0. The normalized spacial score (nSPS) is 13.0. The maximum absolute atomic E-state index is 15.0. The summed E-state index contributed by atoms with van der Waals surface area (Å²) in [5.74, 6) is -1.07. The van der Waals surface area contributed by atoms with Crippen LogP contribution in [0.4, 0.5) is 32.0 Å². The highest BCUT2D eigenvalue weighted by molar-refractivity contribution is 6.36. The van der Waals surface area contributed by atoms with Crippen molar-refractivity contribution in [1.82, 2.24) is 4.57 Å². The minimum atomic E-state index is -4.59. The molecule has 0 spiro atoms. The molecule has 0 bridgehead atoms. The van der Waals surface area contributed by atoms with Crippen molar-refractivity contribution in [3.8, 4) is 50.2 Å². The van der Waals surface area contributed by atoms with Gasteiger partial charge in [0.15, 0.2) is 0 Å². The van der Waals surface area contributed by atoms with Gasteiger partial charge >= 0.3 is 12.4 Å². The Balaban J connectivity index is 1.18. The molecule has 0 aliphatic carbocycles. The molecule has 10 rings (SSSR count). The van der Waals surface area contributed by atoms with Crippen LogP contribution in [0, 0.1) is 13.8 Å². The lowest BCUT2D eigenvalue weighted by Crippen LogP contribution is -2.30. The first kappa shape index (κ1) is 40.4. The molecule has 1 aromatic heterocycles. The Morgan fingerprint density at radius 3 is 1.42 bits per heavy atom. The molecule has 10 heteroatoms. The van der Waals surface area contributed by atoms with Crippen molar-refractivity contribution in [2.24, 2.45) is 0 Å². The van der Waals surface area contributed by atoms with Crippen LogP contribution in [0.3, 0.4) is 0 Å². The van der Waals surface area contributed by atoms with Crippen molar-refractivity contribution >= 4 is 39.3 Å². The predicted molar refractivity (Wildman–Crippen MR) is 240 cm³/mol. The molecule has 0 radical (unpaired) electrons. The predicted octanol–water partition coefficient (Wildman–Crippen LogP) is 14.9. The lowest BCUT2D eigenvalue weighted by molar-refractivity contribution is -0.138. The van der Waals surface area contributed by atoms with E-state index in [-0.39, 0.29) is 11.1 Å². The van der Waals surface area contributed by atoms with E-state index in [1.807, 2.05) is 77.4 Å². The summed E-state index contributed by atoms with van der Waals surface area (Å²) >= 11 is 0. The Kier molecular flexibility index (Phi) is 9.44. The average molecular weight is 857 g/mol. The highest BCUT2D eigenvalue weighted by Crippen LogP contribution is 2.44. The van der Waals surface area contributed by atoms with Gasteiger partial charge in [-0.1, -0.05) is 97.1 Å². The molecule has 314 valence electrons. The van der Waals surface area contributed by atoms with Crippen LogP contribution in [0.1, 0.15) is 43.0 Å². The zero-order valence-electron chi connectivity index (χ0n) is 34.1. The van der Waals surface area contributed by atoms with Gasteiger partial charge < -0.3 is 4.57 Å². The number of imide groups is 1. The van der Waals surface area contributed by atoms with Crippen LogP contribution in [0.5, 0.6) is 0 Å². The molecule has 9 aromatic rings. The quantitative estimate of drug-likeness (QED) is 0.123. The molecule has 8 aromatic carbocycles. The third kappa shape index (κ3) is 6.91. The molecule has 0 N–H and O–H groups in total. The van der Waals surface area contributed by atoms with E-state index >= 15 is 4.79 Å². The second-order valence-electron chi connectivity index (χ2n) is 16.1. The standard InChI is InChI=1S/C54H34F6N2O2/c1-31-22-38(26-40(24-31)53(55,56)57)36-17-20-47-44(29-36)45-30-37(39-23-32(2)25-41(27-39)54(58,59)60)18-21-48(45)61(47)49-15-9-14-42-50(49)52(64)62(51(42)63)46-19-16-35(33-10-5-3-6-11-33)28-43(46)34-12-7-4-8-13-34/h3-30H,1-2H3. The fourth-order valence-corrected chi connectivity index (χ4v) is 8.93. The maximum Gasteiger partial charge on any atom is 0.416 e. The van der Waals surface area contributed by atoms with Crippen molar-refractivity contribution in [3.05, 3.63) is 203 Å². The molecule has 0 fully saturated rings. The number of nitrogens with zero attached hydrogens (tertiary/aromatic N) is 2. The van der Waals surface area contributed by atoms with Crippen LogP contribution in [-0.4, -0.2) is 16.4 Å². The average Bonchev–Trinajstić information content (AvgIpc) is 3.74. The number of fused-ring (bicyclic) bond motifs is 4. The Bertz CT molecular complexity index is 3250. The summed E-state index contributed by atoms with van der Waals surface area (Å²) in [5, 5.41) is 1.14. The monoisotopic (exact) mass is 856 g/mol. The van der Waals surface area contributed by atoms with Gasteiger partial charge in [0.1, 0.15) is 0 Å². The number of amides is 2. The van der Waals surface area contributed by atoms with E-state index in [1.165, 1.54) is 4.90 Å². The van der Waals surface area contributed by atoms with Gasteiger partial charge in [0.05, 0.1) is 44.7 Å². The molecule has 2 amide bonds. The van der Waals surface area contributed by atoms with Crippen LogP contribution in [-0.2, 0) is 12.4 Å². The van der Waals surface area contributed by atoms with Gasteiger partial charge in [-0.05, 0) is 137 Å². The fraction of sp³-hybridized carbons (Fsp3) is 0.0741. The summed E-state index contributed by atoms with van der Waals surface area (Å²) < 4.78 is 86.0. The Morgan fingerprint density at radius 1 is 0.391 bits per heavy atom. The molecule has 64 heavy (non-hydrogen) atoms. The van der Waals surface area contributed by atoms with Crippen molar-refractivity contribution in [2.75, 3.05) is 4.90 Å². The lowest BCUT2D eigenvalue weighted by Gasteiger charge is -2.20. The van der Waals surface area contributed by atoms with E-state index in [1.54, 1.807) is 86.6 Å². The molecule has 2 heterocycles. The highest BCUT2D eigenvalue weighted by atomic mass is 19.4. The number of carbonyl (C=O) groups excluding carboxylic acids is 2. The molecule has 0 unspecified atom stereocenters. The molecule has 0 saturated heterocycles. The van der Waals surface area contributed by atoms with Crippen molar-refractivity contribution in [1.29, 1.82) is 0 Å². The largest absolute Gasteiger partial charge is 0.416 e. The number of anilines is 1. The second kappa shape index (κ2) is 15.0. The number of hydrogen-bond acceptors (Lipinski definition) is 2. The lowest BCUT2D eigenvalue weighted by atomic mass is 9.96.